The Hall–Kier alpha value is -1.64. The lowest BCUT2D eigenvalue weighted by molar-refractivity contribution is 0.0226. The second-order valence-corrected chi connectivity index (χ2v) is 6.65. The fourth-order valence-electron chi connectivity index (χ4n) is 2.32. The zero-order valence-corrected chi connectivity index (χ0v) is 13.4. The molecule has 22 heavy (non-hydrogen) atoms. The number of hydrogen-bond acceptors (Lipinski definition) is 5. The Morgan fingerprint density at radius 3 is 3.05 bits per heavy atom. The average Bonchev–Trinajstić information content (AvgIpc) is 3.28. The van der Waals surface area contributed by atoms with Crippen molar-refractivity contribution in [3.8, 4) is 11.8 Å². The summed E-state index contributed by atoms with van der Waals surface area (Å²) in [7, 11) is 0. The molecule has 1 atom stereocenters. The van der Waals surface area contributed by atoms with Crippen LogP contribution in [-0.2, 0) is 4.74 Å². The molecule has 2 heterocycles. The van der Waals surface area contributed by atoms with Crippen molar-refractivity contribution in [1.29, 1.82) is 0 Å². The molecular weight excluding hydrogens is 294 g/mol. The third-order valence-electron chi connectivity index (χ3n) is 3.79. The van der Waals surface area contributed by atoms with Gasteiger partial charge in [0, 0.05) is 23.5 Å². The number of aliphatic imine (C=N–C) groups is 1. The maximum Gasteiger partial charge on any atom is 0.118 e. The van der Waals surface area contributed by atoms with E-state index in [-0.39, 0.29) is 6.10 Å². The van der Waals surface area contributed by atoms with Gasteiger partial charge in [-0.25, -0.2) is 0 Å². The van der Waals surface area contributed by atoms with Crippen LogP contribution in [0.25, 0.3) is 0 Å². The minimum Gasteiger partial charge on any atom is -0.376 e. The van der Waals surface area contributed by atoms with E-state index in [2.05, 4.69) is 21.9 Å². The minimum atomic E-state index is 0.243. The Labute approximate surface area is 135 Å². The molecule has 0 aromatic carbocycles. The normalized spacial score (nSPS) is 22.5. The maximum atomic E-state index is 5.66. The third kappa shape index (κ3) is 4.43. The molecule has 1 saturated heterocycles. The van der Waals surface area contributed by atoms with Gasteiger partial charge in [-0.1, -0.05) is 11.8 Å². The number of rotatable bonds is 4. The fraction of sp³-hybridized carbons (Fsp3) is 0.529. The molecule has 1 aromatic rings. The van der Waals surface area contributed by atoms with Gasteiger partial charge >= 0.3 is 0 Å². The van der Waals surface area contributed by atoms with Gasteiger partial charge in [0.1, 0.15) is 5.71 Å². The van der Waals surface area contributed by atoms with Crippen molar-refractivity contribution in [1.82, 2.24) is 0 Å². The zero-order valence-electron chi connectivity index (χ0n) is 12.6. The van der Waals surface area contributed by atoms with Crippen LogP contribution in [0.2, 0.25) is 0 Å². The third-order valence-corrected chi connectivity index (χ3v) is 4.74. The number of ether oxygens (including phenoxy) is 1. The van der Waals surface area contributed by atoms with E-state index in [1.165, 1.54) is 19.3 Å². The van der Waals surface area contributed by atoms with Crippen molar-refractivity contribution in [2.75, 3.05) is 13.2 Å². The highest BCUT2D eigenvalue weighted by Crippen LogP contribution is 2.27. The van der Waals surface area contributed by atoms with E-state index in [1.807, 2.05) is 11.4 Å². The largest absolute Gasteiger partial charge is 0.376 e. The van der Waals surface area contributed by atoms with Gasteiger partial charge in [-0.3, -0.25) is 4.99 Å². The van der Waals surface area contributed by atoms with Gasteiger partial charge in [-0.15, -0.1) is 11.3 Å². The van der Waals surface area contributed by atoms with Crippen molar-refractivity contribution in [3.05, 3.63) is 21.9 Å². The number of thiophene rings is 1. The summed E-state index contributed by atoms with van der Waals surface area (Å²) >= 11 is 1.60. The number of nitrogens with zero attached hydrogens (tertiary/aromatic N) is 2. The SMILES string of the molecule is N/N=C(\C=NCC1CCCCO1)c1cc(C#CC2CC2)cs1. The molecule has 1 aliphatic carbocycles. The van der Waals surface area contributed by atoms with E-state index in [0.29, 0.717) is 18.2 Å². The van der Waals surface area contributed by atoms with E-state index in [1.54, 1.807) is 17.6 Å². The second-order valence-electron chi connectivity index (χ2n) is 5.74. The van der Waals surface area contributed by atoms with Crippen LogP contribution in [-0.4, -0.2) is 31.2 Å². The summed E-state index contributed by atoms with van der Waals surface area (Å²) in [5, 5.41) is 5.90. The van der Waals surface area contributed by atoms with Gasteiger partial charge in [0.05, 0.1) is 23.7 Å². The molecule has 0 spiro atoms. The summed E-state index contributed by atoms with van der Waals surface area (Å²) < 4.78 is 5.66. The van der Waals surface area contributed by atoms with Crippen LogP contribution in [0.1, 0.15) is 42.5 Å². The second kappa shape index (κ2) is 7.57. The Morgan fingerprint density at radius 1 is 1.41 bits per heavy atom. The van der Waals surface area contributed by atoms with Crippen molar-refractivity contribution >= 4 is 23.3 Å². The summed E-state index contributed by atoms with van der Waals surface area (Å²) in [4.78, 5) is 5.46. The summed E-state index contributed by atoms with van der Waals surface area (Å²) in [6.45, 7) is 1.53. The quantitative estimate of drug-likeness (QED) is 0.402. The highest BCUT2D eigenvalue weighted by Gasteiger charge is 2.17. The molecule has 1 unspecified atom stereocenters. The average molecular weight is 315 g/mol. The summed E-state index contributed by atoms with van der Waals surface area (Å²) in [6.07, 6.45) is 7.97. The van der Waals surface area contributed by atoms with E-state index >= 15 is 0 Å². The molecule has 2 fully saturated rings. The van der Waals surface area contributed by atoms with Crippen molar-refractivity contribution in [2.24, 2.45) is 21.9 Å². The molecule has 116 valence electrons. The van der Waals surface area contributed by atoms with Crippen LogP contribution < -0.4 is 5.84 Å². The Kier molecular flexibility index (Phi) is 5.25. The van der Waals surface area contributed by atoms with E-state index in [4.69, 9.17) is 10.6 Å². The lowest BCUT2D eigenvalue weighted by atomic mass is 10.1. The zero-order chi connectivity index (χ0) is 15.2. The lowest BCUT2D eigenvalue weighted by Crippen LogP contribution is -2.22. The number of hydrazone groups is 1. The highest BCUT2D eigenvalue weighted by atomic mass is 32.1. The molecular formula is C17H21N3OS. The number of hydrogen-bond donors (Lipinski definition) is 1. The van der Waals surface area contributed by atoms with Gasteiger partial charge in [-0.2, -0.15) is 5.10 Å². The first-order valence-electron chi connectivity index (χ1n) is 7.85. The smallest absolute Gasteiger partial charge is 0.118 e. The van der Waals surface area contributed by atoms with Gasteiger partial charge in [0.15, 0.2) is 0 Å². The molecule has 5 heteroatoms. The summed E-state index contributed by atoms with van der Waals surface area (Å²) in [6, 6.07) is 2.04. The molecule has 2 aliphatic rings. The van der Waals surface area contributed by atoms with Crippen molar-refractivity contribution in [2.45, 2.75) is 38.2 Å². The topological polar surface area (TPSA) is 60.0 Å². The monoisotopic (exact) mass is 315 g/mol. The Balaban J connectivity index is 1.57. The highest BCUT2D eigenvalue weighted by molar-refractivity contribution is 7.13. The first kappa shape index (κ1) is 15.3. The molecule has 0 amide bonds. The van der Waals surface area contributed by atoms with Crippen LogP contribution in [0.3, 0.4) is 0 Å². The van der Waals surface area contributed by atoms with Crippen LogP contribution in [0.4, 0.5) is 0 Å². The maximum absolute atomic E-state index is 5.66. The molecule has 3 rings (SSSR count). The lowest BCUT2D eigenvalue weighted by Gasteiger charge is -2.20. The van der Waals surface area contributed by atoms with E-state index in [0.717, 1.165) is 29.9 Å². The van der Waals surface area contributed by atoms with E-state index < -0.39 is 0 Å². The Bertz CT molecular complexity index is 613. The standard InChI is InChI=1S/C17H21N3OS/c18-20-16(11-19-10-15-3-1-2-8-21-15)17-9-14(12-22-17)7-6-13-4-5-13/h9,11-13,15H,1-5,8,10,18H2/b19-11?,20-16+. The van der Waals surface area contributed by atoms with Crippen molar-refractivity contribution in [3.63, 3.8) is 0 Å². The van der Waals surface area contributed by atoms with Crippen molar-refractivity contribution < 1.29 is 4.74 Å². The molecule has 1 saturated carbocycles. The molecule has 1 aliphatic heterocycles. The predicted octanol–water partition coefficient (Wildman–Crippen LogP) is 2.81. The molecule has 4 nitrogen and oxygen atoms in total. The molecule has 0 radical (unpaired) electrons. The first-order valence-corrected chi connectivity index (χ1v) is 8.73. The van der Waals surface area contributed by atoms with Crippen LogP contribution in [0.15, 0.2) is 21.5 Å². The molecule has 2 N–H and O–H groups in total. The number of nitrogens with two attached hydrogens (primary N) is 1. The van der Waals surface area contributed by atoms with Crippen LogP contribution >= 0.6 is 11.3 Å². The predicted molar refractivity (Wildman–Crippen MR) is 91.6 cm³/mol. The van der Waals surface area contributed by atoms with Crippen LogP contribution in [0.5, 0.6) is 0 Å². The summed E-state index contributed by atoms with van der Waals surface area (Å²) in [5.74, 6) is 12.6. The first-order chi connectivity index (χ1) is 10.8. The fourth-order valence-corrected chi connectivity index (χ4v) is 3.12. The van der Waals surface area contributed by atoms with Gasteiger partial charge in [-0.05, 0) is 38.2 Å². The minimum absolute atomic E-state index is 0.243. The van der Waals surface area contributed by atoms with Gasteiger partial charge in [0.2, 0.25) is 0 Å². The van der Waals surface area contributed by atoms with Gasteiger partial charge in [0.25, 0.3) is 0 Å². The molecule has 0 bridgehead atoms. The van der Waals surface area contributed by atoms with Crippen LogP contribution in [0, 0.1) is 17.8 Å². The van der Waals surface area contributed by atoms with E-state index in [9.17, 15) is 0 Å². The Morgan fingerprint density at radius 2 is 2.32 bits per heavy atom. The molecule has 1 aromatic heterocycles. The van der Waals surface area contributed by atoms with Gasteiger partial charge < -0.3 is 10.6 Å². The summed E-state index contributed by atoms with van der Waals surface area (Å²) in [5.41, 5.74) is 1.75.